The molecule has 7 heteroatoms. The highest BCUT2D eigenvalue weighted by molar-refractivity contribution is 8.00. The van der Waals surface area contributed by atoms with Crippen LogP contribution in [0.15, 0.2) is 69.5 Å². The Balaban J connectivity index is 1.61. The van der Waals surface area contributed by atoms with Crippen molar-refractivity contribution in [1.29, 1.82) is 0 Å². The fourth-order valence-corrected chi connectivity index (χ4v) is 3.63. The Morgan fingerprint density at radius 3 is 2.64 bits per heavy atom. The minimum atomic E-state index is -0.0750. The molecule has 1 heterocycles. The zero-order valence-electron chi connectivity index (χ0n) is 13.7. The van der Waals surface area contributed by atoms with Crippen LogP contribution in [0.2, 0.25) is 0 Å². The van der Waals surface area contributed by atoms with Gasteiger partial charge in [-0.05, 0) is 24.3 Å². The average molecular weight is 371 g/mol. The molecular formula is C18H18N4OS2. The van der Waals surface area contributed by atoms with Gasteiger partial charge < -0.3 is 5.32 Å². The Labute approximate surface area is 155 Å². The maximum atomic E-state index is 12.3. The molecule has 128 valence electrons. The molecule has 0 atom stereocenters. The number of para-hydroxylation sites is 1. The fraction of sp³-hybridized carbons (Fsp3) is 0.167. The van der Waals surface area contributed by atoms with Gasteiger partial charge in [-0.2, -0.15) is 0 Å². The van der Waals surface area contributed by atoms with Gasteiger partial charge in [0.2, 0.25) is 11.1 Å². The van der Waals surface area contributed by atoms with Crippen molar-refractivity contribution < 1.29 is 4.79 Å². The highest BCUT2D eigenvalue weighted by Gasteiger charge is 2.10. The van der Waals surface area contributed by atoms with Crippen LogP contribution in [0.1, 0.15) is 12.7 Å². The monoisotopic (exact) mass is 370 g/mol. The fourth-order valence-electron chi connectivity index (χ4n) is 2.09. The number of thioether (sulfide) groups is 1. The molecule has 0 spiro atoms. The van der Waals surface area contributed by atoms with Crippen LogP contribution >= 0.6 is 23.5 Å². The molecule has 3 rings (SSSR count). The zero-order chi connectivity index (χ0) is 17.5. The van der Waals surface area contributed by atoms with Gasteiger partial charge in [-0.15, -0.1) is 5.10 Å². The third-order valence-electron chi connectivity index (χ3n) is 3.31. The largest absolute Gasteiger partial charge is 0.324 e. The van der Waals surface area contributed by atoms with Crippen molar-refractivity contribution in [2.24, 2.45) is 0 Å². The van der Waals surface area contributed by atoms with E-state index in [-0.39, 0.29) is 11.7 Å². The van der Waals surface area contributed by atoms with Gasteiger partial charge in [0.25, 0.3) is 0 Å². The summed E-state index contributed by atoms with van der Waals surface area (Å²) in [7, 11) is 0. The first-order chi connectivity index (χ1) is 12.2. The predicted molar refractivity (Wildman–Crippen MR) is 102 cm³/mol. The van der Waals surface area contributed by atoms with Crippen molar-refractivity contribution in [1.82, 2.24) is 15.2 Å². The van der Waals surface area contributed by atoms with E-state index in [4.69, 9.17) is 0 Å². The number of carbonyl (C=O) groups is 1. The van der Waals surface area contributed by atoms with Gasteiger partial charge in [0.15, 0.2) is 0 Å². The summed E-state index contributed by atoms with van der Waals surface area (Å²) in [5.41, 5.74) is 0.811. The van der Waals surface area contributed by atoms with E-state index >= 15 is 0 Å². The Bertz CT molecular complexity index is 836. The lowest BCUT2D eigenvalue weighted by Gasteiger charge is -2.10. The van der Waals surface area contributed by atoms with Crippen LogP contribution < -0.4 is 5.32 Å². The Morgan fingerprint density at radius 1 is 1.12 bits per heavy atom. The van der Waals surface area contributed by atoms with Crippen LogP contribution in [0.4, 0.5) is 5.69 Å². The van der Waals surface area contributed by atoms with Crippen LogP contribution in [-0.2, 0) is 11.2 Å². The van der Waals surface area contributed by atoms with E-state index in [1.165, 1.54) is 11.8 Å². The molecule has 0 aliphatic rings. The molecular weight excluding hydrogens is 352 g/mol. The van der Waals surface area contributed by atoms with Crippen LogP contribution in [0.25, 0.3) is 0 Å². The van der Waals surface area contributed by atoms with Crippen molar-refractivity contribution in [3.05, 3.63) is 60.4 Å². The van der Waals surface area contributed by atoms with Gasteiger partial charge in [0.1, 0.15) is 5.82 Å². The number of benzene rings is 2. The molecule has 1 amide bonds. The number of nitrogens with zero attached hydrogens (tertiary/aromatic N) is 2. The van der Waals surface area contributed by atoms with Crippen molar-refractivity contribution >= 4 is 35.1 Å². The van der Waals surface area contributed by atoms with Crippen molar-refractivity contribution in [3.63, 3.8) is 0 Å². The molecule has 0 saturated heterocycles. The smallest absolute Gasteiger partial charge is 0.234 e. The second-order valence-corrected chi connectivity index (χ2v) is 7.22. The maximum Gasteiger partial charge on any atom is 0.234 e. The summed E-state index contributed by atoms with van der Waals surface area (Å²) in [5, 5.41) is 10.5. The summed E-state index contributed by atoms with van der Waals surface area (Å²) in [6.45, 7) is 2.00. The molecule has 2 aromatic carbocycles. The van der Waals surface area contributed by atoms with Gasteiger partial charge >= 0.3 is 0 Å². The van der Waals surface area contributed by atoms with Crippen molar-refractivity contribution in [2.45, 2.75) is 28.3 Å². The number of amides is 1. The van der Waals surface area contributed by atoms with E-state index in [0.717, 1.165) is 27.7 Å². The molecule has 2 N–H and O–H groups in total. The number of H-pyrrole nitrogens is 1. The lowest BCUT2D eigenvalue weighted by Crippen LogP contribution is -2.14. The normalized spacial score (nSPS) is 10.6. The Hall–Kier alpha value is -2.25. The molecule has 5 nitrogen and oxygen atoms in total. The summed E-state index contributed by atoms with van der Waals surface area (Å²) in [6.07, 6.45) is 0.795. The minimum Gasteiger partial charge on any atom is -0.324 e. The first kappa shape index (κ1) is 17.6. The number of anilines is 1. The second-order valence-electron chi connectivity index (χ2n) is 5.17. The van der Waals surface area contributed by atoms with Crippen LogP contribution in [0.5, 0.6) is 0 Å². The van der Waals surface area contributed by atoms with Crippen LogP contribution in [0, 0.1) is 0 Å². The number of aromatic amines is 1. The average Bonchev–Trinajstić information content (AvgIpc) is 3.11. The summed E-state index contributed by atoms with van der Waals surface area (Å²) in [4.78, 5) is 18.7. The van der Waals surface area contributed by atoms with E-state index in [9.17, 15) is 4.79 Å². The number of rotatable bonds is 7. The van der Waals surface area contributed by atoms with Gasteiger partial charge in [-0.3, -0.25) is 9.89 Å². The van der Waals surface area contributed by atoms with Gasteiger partial charge in [0.05, 0.1) is 11.4 Å². The zero-order valence-corrected chi connectivity index (χ0v) is 15.4. The second kappa shape index (κ2) is 8.73. The Kier molecular flexibility index (Phi) is 6.14. The number of hydrogen-bond donors (Lipinski definition) is 2. The van der Waals surface area contributed by atoms with Crippen molar-refractivity contribution in [3.8, 4) is 0 Å². The molecule has 0 saturated carbocycles. The number of aryl methyl sites for hydroxylation is 1. The first-order valence-electron chi connectivity index (χ1n) is 7.90. The molecule has 1 aromatic heterocycles. The number of nitrogens with one attached hydrogen (secondary N) is 2. The van der Waals surface area contributed by atoms with E-state index < -0.39 is 0 Å². The highest BCUT2D eigenvalue weighted by Crippen LogP contribution is 2.33. The molecule has 0 aliphatic heterocycles. The van der Waals surface area contributed by atoms with Crippen LogP contribution in [-0.4, -0.2) is 26.8 Å². The number of carbonyl (C=O) groups excluding carboxylic acids is 1. The highest BCUT2D eigenvalue weighted by atomic mass is 32.2. The maximum absolute atomic E-state index is 12.3. The standard InChI is InChI=1S/C18H18N4OS2/c1-2-16-20-18(22-21-16)24-12-17(23)19-14-10-6-7-11-15(14)25-13-8-4-3-5-9-13/h3-11H,2,12H2,1H3,(H,19,23)(H,20,21,22). The predicted octanol–water partition coefficient (Wildman–Crippen LogP) is 4.25. The van der Waals surface area contributed by atoms with E-state index in [2.05, 4.69) is 20.5 Å². The SMILES string of the molecule is CCc1nc(SCC(=O)Nc2ccccc2Sc2ccccc2)n[nH]1. The molecule has 3 aromatic rings. The number of aromatic nitrogens is 3. The summed E-state index contributed by atoms with van der Waals surface area (Å²) >= 11 is 2.95. The molecule has 0 radical (unpaired) electrons. The molecule has 0 bridgehead atoms. The van der Waals surface area contributed by atoms with E-state index in [1.54, 1.807) is 11.8 Å². The number of hydrogen-bond acceptors (Lipinski definition) is 5. The van der Waals surface area contributed by atoms with E-state index in [0.29, 0.717) is 5.16 Å². The molecule has 25 heavy (non-hydrogen) atoms. The van der Waals surface area contributed by atoms with Crippen LogP contribution in [0.3, 0.4) is 0 Å². The lowest BCUT2D eigenvalue weighted by atomic mass is 10.3. The van der Waals surface area contributed by atoms with Gasteiger partial charge in [-0.25, -0.2) is 4.98 Å². The lowest BCUT2D eigenvalue weighted by molar-refractivity contribution is -0.113. The molecule has 0 aliphatic carbocycles. The topological polar surface area (TPSA) is 70.7 Å². The molecule has 0 fully saturated rings. The summed E-state index contributed by atoms with van der Waals surface area (Å²) < 4.78 is 0. The van der Waals surface area contributed by atoms with Gasteiger partial charge in [-0.1, -0.05) is 60.8 Å². The summed E-state index contributed by atoms with van der Waals surface area (Å²) in [6, 6.07) is 17.9. The van der Waals surface area contributed by atoms with Crippen molar-refractivity contribution in [2.75, 3.05) is 11.1 Å². The molecule has 0 unspecified atom stereocenters. The quantitative estimate of drug-likeness (QED) is 0.609. The summed E-state index contributed by atoms with van der Waals surface area (Å²) in [5.74, 6) is 1.02. The minimum absolute atomic E-state index is 0.0750. The van der Waals surface area contributed by atoms with Gasteiger partial charge in [0, 0.05) is 16.2 Å². The van der Waals surface area contributed by atoms with E-state index in [1.807, 2.05) is 61.5 Å². The first-order valence-corrected chi connectivity index (χ1v) is 9.70. The third-order valence-corrected chi connectivity index (χ3v) is 5.24. The Morgan fingerprint density at radius 2 is 1.88 bits per heavy atom. The third kappa shape index (κ3) is 5.11.